The highest BCUT2D eigenvalue weighted by Gasteiger charge is 2.40. The minimum atomic E-state index is -3.71. The monoisotopic (exact) mass is 420 g/mol. The van der Waals surface area contributed by atoms with Gasteiger partial charge in [-0.15, -0.1) is 12.4 Å². The Morgan fingerprint density at radius 1 is 1.04 bits per heavy atom. The summed E-state index contributed by atoms with van der Waals surface area (Å²) in [6.07, 6.45) is 0. The van der Waals surface area contributed by atoms with Crippen LogP contribution >= 0.6 is 35.6 Å². The molecule has 2 atom stereocenters. The van der Waals surface area contributed by atoms with E-state index in [1.807, 2.05) is 30.3 Å². The van der Waals surface area contributed by atoms with Crippen molar-refractivity contribution in [2.24, 2.45) is 11.7 Å². The molecule has 0 unspecified atom stereocenters. The molecule has 0 amide bonds. The van der Waals surface area contributed by atoms with Crippen molar-refractivity contribution in [1.82, 2.24) is 4.31 Å². The number of sulfonamides is 1. The van der Waals surface area contributed by atoms with Crippen LogP contribution in [-0.4, -0.2) is 32.4 Å². The summed E-state index contributed by atoms with van der Waals surface area (Å²) in [6.45, 7) is 1.19. The lowest BCUT2D eigenvalue weighted by molar-refractivity contribution is 0.459. The topological polar surface area (TPSA) is 63.4 Å². The minimum absolute atomic E-state index is 0. The van der Waals surface area contributed by atoms with Gasteiger partial charge in [-0.2, -0.15) is 4.31 Å². The van der Waals surface area contributed by atoms with E-state index in [0.29, 0.717) is 19.6 Å². The zero-order valence-corrected chi connectivity index (χ0v) is 16.5. The maximum atomic E-state index is 13.0. The van der Waals surface area contributed by atoms with E-state index in [-0.39, 0.29) is 39.2 Å². The second-order valence-corrected chi connectivity index (χ2v) is 8.58. The molecule has 2 aromatic carbocycles. The predicted molar refractivity (Wildman–Crippen MR) is 104 cm³/mol. The maximum Gasteiger partial charge on any atom is 0.244 e. The number of nitrogens with zero attached hydrogens (tertiary/aromatic N) is 1. The third-order valence-corrected chi connectivity index (χ3v) is 7.28. The van der Waals surface area contributed by atoms with Gasteiger partial charge in [-0.1, -0.05) is 59.6 Å². The summed E-state index contributed by atoms with van der Waals surface area (Å²) in [4.78, 5) is 0.0427. The fourth-order valence-corrected chi connectivity index (χ4v) is 5.43. The average Bonchev–Trinajstić information content (AvgIpc) is 3.03. The van der Waals surface area contributed by atoms with Gasteiger partial charge in [0.1, 0.15) is 4.90 Å². The molecule has 0 bridgehead atoms. The van der Waals surface area contributed by atoms with E-state index in [1.54, 1.807) is 12.1 Å². The average molecular weight is 422 g/mol. The molecule has 25 heavy (non-hydrogen) atoms. The highest BCUT2D eigenvalue weighted by Crippen LogP contribution is 2.37. The Bertz CT molecular complexity index is 831. The van der Waals surface area contributed by atoms with Gasteiger partial charge in [-0.3, -0.25) is 0 Å². The number of hydrogen-bond acceptors (Lipinski definition) is 3. The summed E-state index contributed by atoms with van der Waals surface area (Å²) >= 11 is 12.1. The van der Waals surface area contributed by atoms with Crippen LogP contribution in [0.1, 0.15) is 11.5 Å². The van der Waals surface area contributed by atoms with Crippen molar-refractivity contribution in [3.05, 3.63) is 64.1 Å². The van der Waals surface area contributed by atoms with E-state index >= 15 is 0 Å². The Labute approximate surface area is 164 Å². The number of halogens is 3. The van der Waals surface area contributed by atoms with E-state index in [4.69, 9.17) is 28.9 Å². The van der Waals surface area contributed by atoms with Crippen molar-refractivity contribution >= 4 is 45.6 Å². The minimum Gasteiger partial charge on any atom is -0.330 e. The molecule has 3 rings (SSSR count). The van der Waals surface area contributed by atoms with Crippen LogP contribution in [0.5, 0.6) is 0 Å². The van der Waals surface area contributed by atoms with Gasteiger partial charge in [0.2, 0.25) is 10.0 Å². The lowest BCUT2D eigenvalue weighted by Gasteiger charge is -2.18. The molecule has 2 N–H and O–H groups in total. The van der Waals surface area contributed by atoms with Crippen LogP contribution in [0.2, 0.25) is 10.0 Å². The van der Waals surface area contributed by atoms with Gasteiger partial charge in [0.15, 0.2) is 0 Å². The summed E-state index contributed by atoms with van der Waals surface area (Å²) < 4.78 is 27.4. The molecule has 0 aromatic heterocycles. The predicted octanol–water partition coefficient (Wildman–Crippen LogP) is 3.78. The van der Waals surface area contributed by atoms with Gasteiger partial charge in [-0.05, 0) is 30.2 Å². The number of benzene rings is 2. The fraction of sp³-hybridized carbons (Fsp3) is 0.294. The Hall–Kier alpha value is -0.820. The van der Waals surface area contributed by atoms with Crippen molar-refractivity contribution in [2.75, 3.05) is 19.6 Å². The molecule has 1 aliphatic rings. The van der Waals surface area contributed by atoms with Crippen molar-refractivity contribution in [3.63, 3.8) is 0 Å². The van der Waals surface area contributed by atoms with E-state index in [9.17, 15) is 8.42 Å². The van der Waals surface area contributed by atoms with Crippen LogP contribution in [0.4, 0.5) is 0 Å². The Morgan fingerprint density at radius 3 is 2.36 bits per heavy atom. The lowest BCUT2D eigenvalue weighted by Crippen LogP contribution is -2.30. The molecule has 1 aliphatic heterocycles. The van der Waals surface area contributed by atoms with Crippen LogP contribution in [-0.2, 0) is 10.0 Å². The quantitative estimate of drug-likeness (QED) is 0.817. The fourth-order valence-electron chi connectivity index (χ4n) is 3.17. The first-order chi connectivity index (χ1) is 11.4. The summed E-state index contributed by atoms with van der Waals surface area (Å²) in [5, 5.41) is 0.290. The first-order valence-corrected chi connectivity index (χ1v) is 9.84. The number of nitrogens with two attached hydrogens (primary N) is 1. The van der Waals surface area contributed by atoms with E-state index in [2.05, 4.69) is 0 Å². The second-order valence-electron chi connectivity index (χ2n) is 5.89. The molecule has 8 heteroatoms. The van der Waals surface area contributed by atoms with Crippen LogP contribution in [0, 0.1) is 5.92 Å². The van der Waals surface area contributed by atoms with E-state index < -0.39 is 10.0 Å². The van der Waals surface area contributed by atoms with Gasteiger partial charge in [0.25, 0.3) is 0 Å². The number of hydrogen-bond donors (Lipinski definition) is 1. The van der Waals surface area contributed by atoms with Crippen LogP contribution < -0.4 is 5.73 Å². The molecule has 1 saturated heterocycles. The zero-order valence-electron chi connectivity index (χ0n) is 13.3. The molecule has 0 saturated carbocycles. The third-order valence-electron chi connectivity index (χ3n) is 4.47. The standard InChI is InChI=1S/C17H18Cl2N2O2S.ClH/c18-15-7-4-8-16(17(15)19)24(22,23)21-10-13(9-20)14(11-21)12-5-2-1-3-6-12;/h1-8,13-14H,9-11,20H2;1H/t13-,14+;/m1./s1. The van der Waals surface area contributed by atoms with Gasteiger partial charge in [0.05, 0.1) is 10.0 Å². The Balaban J connectivity index is 0.00000225. The molecule has 4 nitrogen and oxygen atoms in total. The van der Waals surface area contributed by atoms with Gasteiger partial charge >= 0.3 is 0 Å². The van der Waals surface area contributed by atoms with Gasteiger partial charge in [0, 0.05) is 19.0 Å². The molecule has 1 heterocycles. The summed E-state index contributed by atoms with van der Waals surface area (Å²) in [6, 6.07) is 14.5. The van der Waals surface area contributed by atoms with E-state index in [1.165, 1.54) is 10.4 Å². The molecule has 136 valence electrons. The Morgan fingerprint density at radius 2 is 1.72 bits per heavy atom. The summed E-state index contributed by atoms with van der Waals surface area (Å²) in [5.74, 6) is 0.143. The first kappa shape index (κ1) is 20.5. The van der Waals surface area contributed by atoms with Gasteiger partial charge in [-0.25, -0.2) is 8.42 Å². The molecule has 0 aliphatic carbocycles. The highest BCUT2D eigenvalue weighted by atomic mass is 35.5. The number of rotatable bonds is 4. The third kappa shape index (κ3) is 3.97. The van der Waals surface area contributed by atoms with Crippen LogP contribution in [0.25, 0.3) is 0 Å². The molecule has 1 fully saturated rings. The summed E-state index contributed by atoms with van der Waals surface area (Å²) in [5.41, 5.74) is 6.99. The van der Waals surface area contributed by atoms with Gasteiger partial charge < -0.3 is 5.73 Å². The maximum absolute atomic E-state index is 13.0. The van der Waals surface area contributed by atoms with E-state index in [0.717, 1.165) is 5.56 Å². The smallest absolute Gasteiger partial charge is 0.244 e. The molecule has 2 aromatic rings. The van der Waals surface area contributed by atoms with Crippen molar-refractivity contribution in [3.8, 4) is 0 Å². The second kappa shape index (κ2) is 8.25. The highest BCUT2D eigenvalue weighted by molar-refractivity contribution is 7.89. The molecule has 0 spiro atoms. The molecule has 0 radical (unpaired) electrons. The largest absolute Gasteiger partial charge is 0.330 e. The summed E-state index contributed by atoms with van der Waals surface area (Å²) in [7, 11) is -3.71. The van der Waals surface area contributed by atoms with Crippen molar-refractivity contribution < 1.29 is 8.42 Å². The van der Waals surface area contributed by atoms with Crippen molar-refractivity contribution in [2.45, 2.75) is 10.8 Å². The molecular weight excluding hydrogens is 403 g/mol. The van der Waals surface area contributed by atoms with Crippen LogP contribution in [0.15, 0.2) is 53.4 Å². The normalized spacial score (nSPS) is 21.1. The Kier molecular flexibility index (Phi) is 6.76. The molecular formula is C17H19Cl3N2O2S. The zero-order chi connectivity index (χ0) is 17.3. The lowest BCUT2D eigenvalue weighted by atomic mass is 9.89. The first-order valence-electron chi connectivity index (χ1n) is 7.64. The van der Waals surface area contributed by atoms with Crippen molar-refractivity contribution in [1.29, 1.82) is 0 Å². The SMILES string of the molecule is Cl.NC[C@@H]1CN(S(=O)(=O)c2cccc(Cl)c2Cl)C[C@H]1c1ccccc1. The van der Waals surface area contributed by atoms with Crippen LogP contribution in [0.3, 0.4) is 0 Å².